The molecule has 0 aromatic carbocycles. The molecule has 0 radical (unpaired) electrons. The predicted octanol–water partition coefficient (Wildman–Crippen LogP) is 5.18. The molecule has 3 aromatic rings. The van der Waals surface area contributed by atoms with Gasteiger partial charge in [0.05, 0.1) is 31.1 Å². The first-order valence-corrected chi connectivity index (χ1v) is 13.5. The van der Waals surface area contributed by atoms with Gasteiger partial charge in [0.25, 0.3) is 0 Å². The van der Waals surface area contributed by atoms with Crippen LogP contribution in [0.15, 0.2) is 35.1 Å². The van der Waals surface area contributed by atoms with E-state index in [4.69, 9.17) is 14.1 Å². The maximum Gasteiger partial charge on any atom is 0.416 e. The van der Waals surface area contributed by atoms with Crippen molar-refractivity contribution in [3.63, 3.8) is 0 Å². The second-order valence-electron chi connectivity index (χ2n) is 12.4. The van der Waals surface area contributed by atoms with Gasteiger partial charge >= 0.3 is 12.2 Å². The van der Waals surface area contributed by atoms with Gasteiger partial charge in [-0.1, -0.05) is 20.8 Å². The molecule has 1 fully saturated rings. The van der Waals surface area contributed by atoms with Gasteiger partial charge in [-0.2, -0.15) is 9.61 Å². The van der Waals surface area contributed by atoms with Crippen LogP contribution in [0.3, 0.4) is 0 Å². The summed E-state index contributed by atoms with van der Waals surface area (Å²) in [6.45, 7) is 13.1. The molecule has 0 saturated carbocycles. The summed E-state index contributed by atoms with van der Waals surface area (Å²) in [4.78, 5) is 36.3. The molecule has 5 rings (SSSR count). The normalized spacial score (nSPS) is 19.8. The fourth-order valence-electron chi connectivity index (χ4n) is 6.01. The Bertz CT molecular complexity index is 1350. The van der Waals surface area contributed by atoms with E-state index in [9.17, 15) is 14.7 Å². The van der Waals surface area contributed by atoms with Gasteiger partial charge in [-0.15, -0.1) is 0 Å². The van der Waals surface area contributed by atoms with Gasteiger partial charge in [-0.05, 0) is 57.6 Å². The molecule has 1 unspecified atom stereocenters. The molecular formula is C28H38N6O5. The lowest BCUT2D eigenvalue weighted by molar-refractivity contribution is 0.0454. The lowest BCUT2D eigenvalue weighted by atomic mass is 9.77. The molecule has 2 aliphatic rings. The number of nitrogens with zero attached hydrogens (tertiary/aromatic N) is 6. The number of piperidine rings is 1. The van der Waals surface area contributed by atoms with Gasteiger partial charge in [-0.3, -0.25) is 4.90 Å². The summed E-state index contributed by atoms with van der Waals surface area (Å²) >= 11 is 0. The van der Waals surface area contributed by atoms with Crippen molar-refractivity contribution in [3.8, 4) is 0 Å². The maximum atomic E-state index is 13.7. The van der Waals surface area contributed by atoms with Gasteiger partial charge in [0.1, 0.15) is 23.0 Å². The van der Waals surface area contributed by atoms with Crippen molar-refractivity contribution in [3.05, 3.63) is 42.0 Å². The van der Waals surface area contributed by atoms with Crippen LogP contribution in [-0.2, 0) is 17.7 Å². The fourth-order valence-corrected chi connectivity index (χ4v) is 6.01. The number of anilines is 2. The van der Waals surface area contributed by atoms with E-state index in [1.807, 2.05) is 32.9 Å². The van der Waals surface area contributed by atoms with Crippen molar-refractivity contribution in [2.24, 2.45) is 5.41 Å². The van der Waals surface area contributed by atoms with Crippen LogP contribution in [0.4, 0.5) is 21.2 Å². The molecule has 1 N–H and O–H groups in total. The summed E-state index contributed by atoms with van der Waals surface area (Å²) in [5.74, 6) is 1.96. The number of carboxylic acid groups (broad SMARTS) is 1. The summed E-state index contributed by atoms with van der Waals surface area (Å²) in [5, 5.41) is 14.6. The van der Waals surface area contributed by atoms with Crippen LogP contribution < -0.4 is 9.80 Å². The molecule has 11 nitrogen and oxygen atoms in total. The number of amides is 2. The topological polar surface area (TPSA) is 117 Å². The van der Waals surface area contributed by atoms with E-state index >= 15 is 0 Å². The number of furan rings is 1. The van der Waals surface area contributed by atoms with Gasteiger partial charge in [-0.25, -0.2) is 14.6 Å². The van der Waals surface area contributed by atoms with E-state index in [2.05, 4.69) is 30.8 Å². The van der Waals surface area contributed by atoms with Gasteiger partial charge in [0.15, 0.2) is 5.65 Å². The van der Waals surface area contributed by atoms with Crippen molar-refractivity contribution < 1.29 is 23.8 Å². The molecule has 0 bridgehead atoms. The summed E-state index contributed by atoms with van der Waals surface area (Å²) in [7, 11) is 0. The number of carbonyl (C=O) groups excluding carboxylic acids is 1. The molecule has 0 aliphatic carbocycles. The second kappa shape index (κ2) is 9.77. The summed E-state index contributed by atoms with van der Waals surface area (Å²) < 4.78 is 13.1. The number of hydrogen-bond acceptors (Lipinski definition) is 7. The first kappa shape index (κ1) is 26.8. The highest BCUT2D eigenvalue weighted by Crippen LogP contribution is 2.42. The van der Waals surface area contributed by atoms with Crippen LogP contribution in [0.25, 0.3) is 5.65 Å². The Morgan fingerprint density at radius 1 is 1.18 bits per heavy atom. The number of ether oxygens (including phenoxy) is 1. The van der Waals surface area contributed by atoms with Crippen LogP contribution in [0.2, 0.25) is 0 Å². The molecule has 210 valence electrons. The Kier molecular flexibility index (Phi) is 6.72. The minimum Gasteiger partial charge on any atom is -0.467 e. The lowest BCUT2D eigenvalue weighted by Crippen LogP contribution is -2.61. The fraction of sp³-hybridized carbons (Fsp3) is 0.571. The minimum atomic E-state index is -0.895. The molecule has 2 aliphatic heterocycles. The SMILES string of the molecule is CC(C)(C)OC(=O)N(Cc1ccco1)c1c2c(nc3ccnn13)N(C1CCCN(C(=O)O)[C@H]1C(C)(C)C)CC2. The summed E-state index contributed by atoms with van der Waals surface area (Å²) in [5.41, 5.74) is 0.495. The molecule has 3 aromatic heterocycles. The predicted molar refractivity (Wildman–Crippen MR) is 146 cm³/mol. The van der Waals surface area contributed by atoms with Crippen molar-refractivity contribution in [2.45, 2.75) is 85.0 Å². The van der Waals surface area contributed by atoms with E-state index in [0.29, 0.717) is 36.7 Å². The zero-order valence-corrected chi connectivity index (χ0v) is 23.5. The van der Waals surface area contributed by atoms with E-state index in [1.165, 1.54) is 0 Å². The molecule has 11 heteroatoms. The van der Waals surface area contributed by atoms with E-state index in [0.717, 1.165) is 24.2 Å². The zero-order chi connectivity index (χ0) is 28.1. The Balaban J connectivity index is 1.63. The number of likely N-dealkylation sites (tertiary alicyclic amines) is 1. The first-order valence-electron chi connectivity index (χ1n) is 13.5. The number of hydrogen-bond donors (Lipinski definition) is 1. The van der Waals surface area contributed by atoms with Crippen LogP contribution in [0, 0.1) is 5.41 Å². The van der Waals surface area contributed by atoms with Crippen molar-refractivity contribution in [1.82, 2.24) is 19.5 Å². The first-order chi connectivity index (χ1) is 18.3. The quantitative estimate of drug-likeness (QED) is 0.483. The Hall–Kier alpha value is -3.76. The second-order valence-corrected chi connectivity index (χ2v) is 12.4. The van der Waals surface area contributed by atoms with Crippen molar-refractivity contribution in [2.75, 3.05) is 22.9 Å². The van der Waals surface area contributed by atoms with E-state index in [-0.39, 0.29) is 24.0 Å². The summed E-state index contributed by atoms with van der Waals surface area (Å²) in [6, 6.07) is 5.15. The molecular weight excluding hydrogens is 500 g/mol. The molecule has 5 heterocycles. The third-order valence-corrected chi connectivity index (χ3v) is 7.35. The number of fused-ring (bicyclic) bond motifs is 2. The van der Waals surface area contributed by atoms with Crippen LogP contribution >= 0.6 is 0 Å². The van der Waals surface area contributed by atoms with E-state index < -0.39 is 17.8 Å². The van der Waals surface area contributed by atoms with Gasteiger partial charge in [0, 0.05) is 24.7 Å². The zero-order valence-electron chi connectivity index (χ0n) is 23.5. The average Bonchev–Trinajstić information content (AvgIpc) is 3.60. The standard InChI is InChI=1S/C28H38N6O5/c1-27(2,3)22-20(10-7-14-32(22)25(35)36)31-15-12-19-23(31)30-21-11-13-29-34(21)24(19)33(17-18-9-8-16-38-18)26(37)39-28(4,5)6/h8-9,11,13,16,20,22H,7,10,12,14-15,17H2,1-6H3,(H,35,36)/t20?,22-/m1/s1. The molecule has 2 atom stereocenters. The highest BCUT2D eigenvalue weighted by Gasteiger charge is 2.46. The monoisotopic (exact) mass is 538 g/mol. The molecule has 1 saturated heterocycles. The Labute approximate surface area is 228 Å². The number of rotatable bonds is 4. The molecule has 0 spiro atoms. The van der Waals surface area contributed by atoms with Crippen molar-refractivity contribution in [1.29, 1.82) is 0 Å². The third-order valence-electron chi connectivity index (χ3n) is 7.35. The number of aromatic nitrogens is 3. The van der Waals surface area contributed by atoms with E-state index in [1.54, 1.807) is 32.8 Å². The summed E-state index contributed by atoms with van der Waals surface area (Å²) in [6.07, 6.45) is 4.10. The highest BCUT2D eigenvalue weighted by atomic mass is 16.6. The van der Waals surface area contributed by atoms with Crippen LogP contribution in [0.5, 0.6) is 0 Å². The third kappa shape index (κ3) is 5.14. The maximum absolute atomic E-state index is 13.7. The van der Waals surface area contributed by atoms with Crippen molar-refractivity contribution >= 4 is 29.5 Å². The lowest BCUT2D eigenvalue weighted by Gasteiger charge is -2.50. The minimum absolute atomic E-state index is 0.0538. The van der Waals surface area contributed by atoms with Crippen LogP contribution in [0.1, 0.15) is 65.7 Å². The van der Waals surface area contributed by atoms with Gasteiger partial charge in [0.2, 0.25) is 0 Å². The highest BCUT2D eigenvalue weighted by molar-refractivity contribution is 5.89. The van der Waals surface area contributed by atoms with Crippen LogP contribution in [-0.4, -0.2) is 67.6 Å². The smallest absolute Gasteiger partial charge is 0.416 e. The largest absolute Gasteiger partial charge is 0.467 e. The Morgan fingerprint density at radius 3 is 2.59 bits per heavy atom. The molecule has 2 amide bonds. The van der Waals surface area contributed by atoms with Gasteiger partial charge < -0.3 is 24.1 Å². The molecule has 39 heavy (non-hydrogen) atoms. The Morgan fingerprint density at radius 2 is 1.95 bits per heavy atom. The average molecular weight is 539 g/mol. The number of carbonyl (C=O) groups is 2.